The van der Waals surface area contributed by atoms with E-state index in [9.17, 15) is 4.79 Å². The minimum atomic E-state index is -0.320. The molecule has 1 aromatic carbocycles. The highest BCUT2D eigenvalue weighted by molar-refractivity contribution is 5.91. The van der Waals surface area contributed by atoms with E-state index in [1.807, 2.05) is 42.1 Å². The van der Waals surface area contributed by atoms with Crippen LogP contribution < -0.4 is 31.5 Å². The number of piperazine rings is 1. The Labute approximate surface area is 273 Å². The summed E-state index contributed by atoms with van der Waals surface area (Å²) in [5.74, 6) is 1.35. The maximum absolute atomic E-state index is 12.9. The number of nitrogens with one attached hydrogen (secondary N) is 5. The van der Waals surface area contributed by atoms with Crippen LogP contribution in [0.3, 0.4) is 0 Å². The van der Waals surface area contributed by atoms with Gasteiger partial charge < -0.3 is 36.2 Å². The summed E-state index contributed by atoms with van der Waals surface area (Å²) in [5.41, 5.74) is 1.69. The second-order valence-corrected chi connectivity index (χ2v) is 12.3. The zero-order chi connectivity index (χ0) is 31.8. The number of benzene rings is 1. The van der Waals surface area contributed by atoms with Crippen molar-refractivity contribution in [1.82, 2.24) is 46.2 Å². The molecule has 46 heavy (non-hydrogen) atoms. The van der Waals surface area contributed by atoms with E-state index in [0.29, 0.717) is 45.3 Å². The summed E-state index contributed by atoms with van der Waals surface area (Å²) >= 11 is 0. The van der Waals surface area contributed by atoms with Crippen molar-refractivity contribution in [1.29, 1.82) is 0 Å². The lowest BCUT2D eigenvalue weighted by Gasteiger charge is -2.34. The highest BCUT2D eigenvalue weighted by atomic mass is 16.5. The van der Waals surface area contributed by atoms with Crippen LogP contribution >= 0.6 is 0 Å². The van der Waals surface area contributed by atoms with Crippen molar-refractivity contribution in [3.63, 3.8) is 0 Å². The molecule has 3 aromatic rings. The number of carbonyl (C=O) groups is 1. The molecule has 3 heterocycles. The molecule has 0 radical (unpaired) electrons. The molecular weight excluding hydrogens is 582 g/mol. The number of anilines is 2. The number of nitrogens with zero attached hydrogens (tertiary/aromatic N) is 6. The van der Waals surface area contributed by atoms with Crippen LogP contribution in [0.2, 0.25) is 0 Å². The highest BCUT2D eigenvalue weighted by Crippen LogP contribution is 2.26. The van der Waals surface area contributed by atoms with Crippen molar-refractivity contribution in [3.05, 3.63) is 36.2 Å². The van der Waals surface area contributed by atoms with Gasteiger partial charge in [0.25, 0.3) is 0 Å². The number of ether oxygens (including phenoxy) is 1. The second kappa shape index (κ2) is 18.7. The first-order valence-corrected chi connectivity index (χ1v) is 17.4. The number of aryl methyl sites for hydroxylation is 1. The number of para-hydroxylation sites is 1. The molecule has 1 unspecified atom stereocenters. The molecule has 0 bridgehead atoms. The second-order valence-electron chi connectivity index (χ2n) is 12.3. The van der Waals surface area contributed by atoms with Gasteiger partial charge in [-0.1, -0.05) is 36.6 Å². The molecular formula is C33H53N11O2. The summed E-state index contributed by atoms with van der Waals surface area (Å²) in [5, 5.41) is 26.6. The molecule has 1 aliphatic carbocycles. The lowest BCUT2D eigenvalue weighted by atomic mass is 9.95. The molecule has 2 fully saturated rings. The van der Waals surface area contributed by atoms with E-state index in [4.69, 9.17) is 14.7 Å². The normalized spacial score (nSPS) is 17.4. The van der Waals surface area contributed by atoms with Gasteiger partial charge in [-0.05, 0) is 70.8 Å². The highest BCUT2D eigenvalue weighted by Gasteiger charge is 2.27. The van der Waals surface area contributed by atoms with Crippen LogP contribution in [-0.4, -0.2) is 102 Å². The van der Waals surface area contributed by atoms with E-state index in [1.165, 1.54) is 32.1 Å². The summed E-state index contributed by atoms with van der Waals surface area (Å²) in [6, 6.07) is 8.42. The largest absolute Gasteiger partial charge is 0.382 e. The van der Waals surface area contributed by atoms with Crippen molar-refractivity contribution in [2.24, 2.45) is 0 Å². The fourth-order valence-electron chi connectivity index (χ4n) is 6.17. The maximum atomic E-state index is 12.9. The van der Waals surface area contributed by atoms with Crippen LogP contribution in [0.4, 0.5) is 11.8 Å². The first kappa shape index (κ1) is 34.0. The minimum absolute atomic E-state index is 0.000983. The molecule has 5 rings (SSSR count). The smallest absolute Gasteiger partial charge is 0.238 e. The number of amides is 1. The van der Waals surface area contributed by atoms with Crippen molar-refractivity contribution in [3.8, 4) is 0 Å². The zero-order valence-corrected chi connectivity index (χ0v) is 27.5. The van der Waals surface area contributed by atoms with Gasteiger partial charge in [0, 0.05) is 57.4 Å². The van der Waals surface area contributed by atoms with Gasteiger partial charge in [-0.2, -0.15) is 4.98 Å². The zero-order valence-electron chi connectivity index (χ0n) is 27.5. The third kappa shape index (κ3) is 10.6. The Morgan fingerprint density at radius 1 is 1.04 bits per heavy atom. The van der Waals surface area contributed by atoms with Gasteiger partial charge in [0.1, 0.15) is 17.6 Å². The average molecular weight is 636 g/mol. The predicted octanol–water partition coefficient (Wildman–Crippen LogP) is 2.45. The summed E-state index contributed by atoms with van der Waals surface area (Å²) in [7, 11) is 0. The van der Waals surface area contributed by atoms with Crippen LogP contribution in [0, 0.1) is 0 Å². The number of rotatable bonds is 19. The van der Waals surface area contributed by atoms with Crippen molar-refractivity contribution in [2.75, 3.05) is 69.2 Å². The standard InChI is InChI=1S/C33H53N11O2/c1-2-46-22-10-18-37-32(45)30-25-43(21-19-36-30)31-28-13-6-7-14-29(28)39-33(40-31)38-23-27-24-44(42-41-27)20-9-16-34-15-8-17-35-26-11-4-3-5-12-26/h6-7,13-14,24,26,30,34-36H,2-5,8-12,15-23,25H2,1H3,(H,37,45)(H,38,39,40). The van der Waals surface area contributed by atoms with E-state index in [1.54, 1.807) is 0 Å². The topological polar surface area (TPSA) is 146 Å². The molecule has 1 saturated carbocycles. The fraction of sp³-hybridized carbons (Fsp3) is 0.667. The van der Waals surface area contributed by atoms with E-state index >= 15 is 0 Å². The van der Waals surface area contributed by atoms with E-state index in [-0.39, 0.29) is 11.9 Å². The van der Waals surface area contributed by atoms with Gasteiger partial charge in [-0.3, -0.25) is 9.48 Å². The molecule has 13 heteroatoms. The molecule has 2 aromatic heterocycles. The summed E-state index contributed by atoms with van der Waals surface area (Å²) in [6.07, 6.45) is 11.8. The number of hydrogen-bond acceptors (Lipinski definition) is 11. The summed E-state index contributed by atoms with van der Waals surface area (Å²) in [6.45, 7) is 10.3. The third-order valence-electron chi connectivity index (χ3n) is 8.67. The van der Waals surface area contributed by atoms with E-state index < -0.39 is 0 Å². The molecule has 1 amide bonds. The molecule has 2 aliphatic rings. The Hall–Kier alpha value is -3.39. The molecule has 5 N–H and O–H groups in total. The Kier molecular flexibility index (Phi) is 13.8. The average Bonchev–Trinajstić information content (AvgIpc) is 3.56. The Bertz CT molecular complexity index is 1330. The Morgan fingerprint density at radius 2 is 1.91 bits per heavy atom. The van der Waals surface area contributed by atoms with E-state index in [2.05, 4.69) is 41.8 Å². The molecule has 252 valence electrons. The minimum Gasteiger partial charge on any atom is -0.382 e. The SMILES string of the molecule is CCOCCCNC(=O)C1CN(c2nc(NCc3cn(CCCNCCCNC4CCCCC4)nn3)nc3ccccc23)CCN1. The molecule has 1 aliphatic heterocycles. The lowest BCUT2D eigenvalue weighted by Crippen LogP contribution is -2.57. The van der Waals surface area contributed by atoms with Crippen LogP contribution in [-0.2, 0) is 22.6 Å². The number of aromatic nitrogens is 5. The van der Waals surface area contributed by atoms with Crippen molar-refractivity contribution >= 4 is 28.6 Å². The molecule has 1 saturated heterocycles. The first-order chi connectivity index (χ1) is 22.7. The number of fused-ring (bicyclic) bond motifs is 1. The molecule has 13 nitrogen and oxygen atoms in total. The molecule has 1 atom stereocenters. The predicted molar refractivity (Wildman–Crippen MR) is 182 cm³/mol. The van der Waals surface area contributed by atoms with E-state index in [0.717, 1.165) is 80.4 Å². The van der Waals surface area contributed by atoms with Gasteiger partial charge in [-0.25, -0.2) is 4.98 Å². The van der Waals surface area contributed by atoms with Crippen LogP contribution in [0.5, 0.6) is 0 Å². The Balaban J connectivity index is 1.07. The van der Waals surface area contributed by atoms with Gasteiger partial charge >= 0.3 is 0 Å². The summed E-state index contributed by atoms with van der Waals surface area (Å²) < 4.78 is 7.28. The Morgan fingerprint density at radius 3 is 2.80 bits per heavy atom. The summed E-state index contributed by atoms with van der Waals surface area (Å²) in [4.78, 5) is 24.7. The van der Waals surface area contributed by atoms with Crippen molar-refractivity contribution < 1.29 is 9.53 Å². The van der Waals surface area contributed by atoms with Gasteiger partial charge in [-0.15, -0.1) is 5.10 Å². The van der Waals surface area contributed by atoms with Gasteiger partial charge in [0.2, 0.25) is 11.9 Å². The monoisotopic (exact) mass is 635 g/mol. The van der Waals surface area contributed by atoms with Gasteiger partial charge in [0.15, 0.2) is 0 Å². The third-order valence-corrected chi connectivity index (χ3v) is 8.67. The van der Waals surface area contributed by atoms with Crippen LogP contribution in [0.1, 0.15) is 64.0 Å². The quantitative estimate of drug-likeness (QED) is 0.124. The van der Waals surface area contributed by atoms with Crippen LogP contribution in [0.15, 0.2) is 30.5 Å². The van der Waals surface area contributed by atoms with Crippen molar-refractivity contribution in [2.45, 2.75) is 83.5 Å². The fourth-order valence-corrected chi connectivity index (χ4v) is 6.17. The lowest BCUT2D eigenvalue weighted by molar-refractivity contribution is -0.123. The van der Waals surface area contributed by atoms with Gasteiger partial charge in [0.05, 0.1) is 18.3 Å². The number of carbonyl (C=O) groups excluding carboxylic acids is 1. The van der Waals surface area contributed by atoms with Crippen LogP contribution in [0.25, 0.3) is 10.9 Å². The first-order valence-electron chi connectivity index (χ1n) is 17.4. The molecule has 0 spiro atoms. The number of hydrogen-bond donors (Lipinski definition) is 5. The maximum Gasteiger partial charge on any atom is 0.238 e.